The molecule has 2 heterocycles. The molecule has 4 rings (SSSR count). The van der Waals surface area contributed by atoms with Crippen LogP contribution >= 0.6 is 23.2 Å². The molecule has 1 aromatic heterocycles. The summed E-state index contributed by atoms with van der Waals surface area (Å²) >= 11 is 12.4. The van der Waals surface area contributed by atoms with Gasteiger partial charge in [-0.25, -0.2) is 8.42 Å². The molecule has 0 radical (unpaired) electrons. The first-order valence-corrected chi connectivity index (χ1v) is 14.0. The van der Waals surface area contributed by atoms with Crippen LogP contribution in [0.3, 0.4) is 0 Å². The SMILES string of the molecule is Cc1ccc(OCC(O)CN(Cc2ccc(-c3cc(Cl)ccc3Cl)o2)C2CCS(=O)(=O)C2)c(C)c1. The second-order valence-electron chi connectivity index (χ2n) is 9.11. The van der Waals surface area contributed by atoms with Gasteiger partial charge in [-0.1, -0.05) is 40.9 Å². The number of aliphatic hydroxyl groups is 1. The van der Waals surface area contributed by atoms with E-state index < -0.39 is 15.9 Å². The van der Waals surface area contributed by atoms with Crippen molar-refractivity contribution in [3.63, 3.8) is 0 Å². The normalized spacial score (nSPS) is 18.2. The van der Waals surface area contributed by atoms with Gasteiger partial charge in [-0.15, -0.1) is 0 Å². The molecule has 0 amide bonds. The molecule has 9 heteroatoms. The molecule has 0 saturated carbocycles. The van der Waals surface area contributed by atoms with Crippen LogP contribution in [-0.4, -0.2) is 55.2 Å². The first-order chi connectivity index (χ1) is 16.6. The summed E-state index contributed by atoms with van der Waals surface area (Å²) in [4.78, 5) is 1.96. The Morgan fingerprint density at radius 2 is 1.94 bits per heavy atom. The maximum absolute atomic E-state index is 12.2. The highest BCUT2D eigenvalue weighted by molar-refractivity contribution is 7.91. The third-order valence-corrected chi connectivity index (χ3v) is 8.46. The van der Waals surface area contributed by atoms with Gasteiger partial charge >= 0.3 is 0 Å². The lowest BCUT2D eigenvalue weighted by atomic mass is 10.1. The van der Waals surface area contributed by atoms with Crippen molar-refractivity contribution in [3.05, 3.63) is 75.5 Å². The van der Waals surface area contributed by atoms with Crippen LogP contribution in [0.25, 0.3) is 11.3 Å². The van der Waals surface area contributed by atoms with Gasteiger partial charge in [-0.2, -0.15) is 0 Å². The van der Waals surface area contributed by atoms with E-state index in [9.17, 15) is 13.5 Å². The van der Waals surface area contributed by atoms with E-state index in [0.717, 1.165) is 16.9 Å². The molecule has 0 spiro atoms. The van der Waals surface area contributed by atoms with Crippen molar-refractivity contribution in [2.75, 3.05) is 24.7 Å². The third kappa shape index (κ3) is 6.80. The molecule has 0 bridgehead atoms. The maximum atomic E-state index is 12.2. The van der Waals surface area contributed by atoms with Crippen LogP contribution in [0, 0.1) is 13.8 Å². The van der Waals surface area contributed by atoms with E-state index in [1.54, 1.807) is 18.2 Å². The molecule has 188 valence electrons. The summed E-state index contributed by atoms with van der Waals surface area (Å²) in [6.45, 7) is 4.67. The van der Waals surface area contributed by atoms with Gasteiger partial charge in [-0.05, 0) is 62.2 Å². The fourth-order valence-electron chi connectivity index (χ4n) is 4.37. The van der Waals surface area contributed by atoms with Gasteiger partial charge in [0.1, 0.15) is 30.0 Å². The summed E-state index contributed by atoms with van der Waals surface area (Å²) in [5.41, 5.74) is 2.82. The van der Waals surface area contributed by atoms with E-state index >= 15 is 0 Å². The maximum Gasteiger partial charge on any atom is 0.151 e. The lowest BCUT2D eigenvalue weighted by Gasteiger charge is -2.29. The standard InChI is InChI=1S/C26H29Cl2NO5S/c1-17-3-7-25(18(2)11-17)33-15-21(30)13-29(20-9-10-35(31,32)16-20)14-22-5-8-26(34-22)23-12-19(27)4-6-24(23)28/h3-8,11-12,20-21,30H,9-10,13-16H2,1-2H3. The topological polar surface area (TPSA) is 80.0 Å². The fraction of sp³-hybridized carbons (Fsp3) is 0.385. The Hall–Kier alpha value is -2.03. The Labute approximate surface area is 216 Å². The minimum absolute atomic E-state index is 0.0608. The van der Waals surface area contributed by atoms with Crippen LogP contribution in [-0.2, 0) is 16.4 Å². The van der Waals surface area contributed by atoms with Crippen LogP contribution in [0.15, 0.2) is 52.9 Å². The number of aryl methyl sites for hydroxylation is 2. The first kappa shape index (κ1) is 26.0. The molecule has 1 fully saturated rings. The van der Waals surface area contributed by atoms with Gasteiger partial charge in [-0.3, -0.25) is 4.90 Å². The number of furan rings is 1. The van der Waals surface area contributed by atoms with Crippen molar-refractivity contribution in [1.82, 2.24) is 4.90 Å². The number of sulfone groups is 1. The summed E-state index contributed by atoms with van der Waals surface area (Å²) in [6.07, 6.45) is -0.295. The Bertz CT molecular complexity index is 1290. The van der Waals surface area contributed by atoms with Gasteiger partial charge in [0.15, 0.2) is 9.84 Å². The Balaban J connectivity index is 1.47. The number of aliphatic hydroxyl groups excluding tert-OH is 1. The molecule has 0 aliphatic carbocycles. The molecule has 1 N–H and O–H groups in total. The molecule has 1 saturated heterocycles. The van der Waals surface area contributed by atoms with Gasteiger partial charge < -0.3 is 14.3 Å². The molecule has 2 unspecified atom stereocenters. The molecule has 2 aromatic carbocycles. The molecular formula is C26H29Cl2NO5S. The number of ether oxygens (including phenoxy) is 1. The highest BCUT2D eigenvalue weighted by Crippen LogP contribution is 2.32. The van der Waals surface area contributed by atoms with Crippen LogP contribution in [0.5, 0.6) is 5.75 Å². The number of hydrogen-bond acceptors (Lipinski definition) is 6. The van der Waals surface area contributed by atoms with Crippen molar-refractivity contribution < 1.29 is 22.7 Å². The zero-order chi connectivity index (χ0) is 25.2. The number of benzene rings is 2. The van der Waals surface area contributed by atoms with E-state index in [1.807, 2.05) is 49.1 Å². The molecule has 35 heavy (non-hydrogen) atoms. The van der Waals surface area contributed by atoms with Gasteiger partial charge in [0, 0.05) is 23.2 Å². The predicted molar refractivity (Wildman–Crippen MR) is 139 cm³/mol. The Kier molecular flexibility index (Phi) is 8.13. The third-order valence-electron chi connectivity index (χ3n) is 6.15. The van der Waals surface area contributed by atoms with Crippen molar-refractivity contribution in [3.8, 4) is 17.1 Å². The molecule has 6 nitrogen and oxygen atoms in total. The average Bonchev–Trinajstić information content (AvgIpc) is 3.40. The van der Waals surface area contributed by atoms with Gasteiger partial charge in [0.05, 0.1) is 23.1 Å². The molecule has 1 aliphatic rings. The van der Waals surface area contributed by atoms with E-state index in [0.29, 0.717) is 40.1 Å². The van der Waals surface area contributed by atoms with E-state index in [2.05, 4.69) is 0 Å². The lowest BCUT2D eigenvalue weighted by Crippen LogP contribution is -2.42. The van der Waals surface area contributed by atoms with Crippen molar-refractivity contribution in [2.45, 2.75) is 39.0 Å². The number of hydrogen-bond donors (Lipinski definition) is 1. The second-order valence-corrected chi connectivity index (χ2v) is 12.2. The smallest absolute Gasteiger partial charge is 0.151 e. The lowest BCUT2D eigenvalue weighted by molar-refractivity contribution is 0.0496. The van der Waals surface area contributed by atoms with E-state index in [4.69, 9.17) is 32.4 Å². The zero-order valence-corrected chi connectivity index (χ0v) is 22.0. The van der Waals surface area contributed by atoms with Crippen molar-refractivity contribution >= 4 is 33.0 Å². The fourth-order valence-corrected chi connectivity index (χ4v) is 6.52. The summed E-state index contributed by atoms with van der Waals surface area (Å²) in [6, 6.07) is 14.5. The van der Waals surface area contributed by atoms with Crippen LogP contribution < -0.4 is 4.74 Å². The van der Waals surface area contributed by atoms with Crippen LogP contribution in [0.1, 0.15) is 23.3 Å². The van der Waals surface area contributed by atoms with Gasteiger partial charge in [0.25, 0.3) is 0 Å². The number of halogens is 2. The first-order valence-electron chi connectivity index (χ1n) is 11.5. The number of rotatable bonds is 9. The average molecular weight is 538 g/mol. The molecular weight excluding hydrogens is 509 g/mol. The Morgan fingerprint density at radius 3 is 2.66 bits per heavy atom. The molecule has 3 aromatic rings. The van der Waals surface area contributed by atoms with Crippen molar-refractivity contribution in [2.24, 2.45) is 0 Å². The summed E-state index contributed by atoms with van der Waals surface area (Å²) in [7, 11) is -3.10. The minimum Gasteiger partial charge on any atom is -0.491 e. The zero-order valence-electron chi connectivity index (χ0n) is 19.7. The number of nitrogens with zero attached hydrogens (tertiary/aromatic N) is 1. The minimum atomic E-state index is -3.10. The second kappa shape index (κ2) is 10.9. The summed E-state index contributed by atoms with van der Waals surface area (Å²) in [5, 5.41) is 11.8. The quantitative estimate of drug-likeness (QED) is 0.399. The largest absolute Gasteiger partial charge is 0.491 e. The van der Waals surface area contributed by atoms with Gasteiger partial charge in [0.2, 0.25) is 0 Å². The monoisotopic (exact) mass is 537 g/mol. The molecule has 1 aliphatic heterocycles. The summed E-state index contributed by atoms with van der Waals surface area (Å²) < 4.78 is 36.2. The highest BCUT2D eigenvalue weighted by atomic mass is 35.5. The van der Waals surface area contributed by atoms with Crippen LogP contribution in [0.4, 0.5) is 0 Å². The van der Waals surface area contributed by atoms with E-state index in [1.165, 1.54) is 0 Å². The highest BCUT2D eigenvalue weighted by Gasteiger charge is 2.33. The Morgan fingerprint density at radius 1 is 1.14 bits per heavy atom. The van der Waals surface area contributed by atoms with Crippen molar-refractivity contribution in [1.29, 1.82) is 0 Å². The molecule has 2 atom stereocenters. The van der Waals surface area contributed by atoms with E-state index in [-0.39, 0.29) is 30.7 Å². The van der Waals surface area contributed by atoms with Crippen LogP contribution in [0.2, 0.25) is 10.0 Å². The predicted octanol–water partition coefficient (Wildman–Crippen LogP) is 5.30. The summed E-state index contributed by atoms with van der Waals surface area (Å²) in [5.74, 6) is 2.14.